The molecule has 0 spiro atoms. The fraction of sp³-hybridized carbons (Fsp3) is 0.435. The van der Waals surface area contributed by atoms with Crippen molar-refractivity contribution in [2.75, 3.05) is 13.1 Å². The summed E-state index contributed by atoms with van der Waals surface area (Å²) in [5, 5.41) is 2.74. The lowest BCUT2D eigenvalue weighted by molar-refractivity contribution is -0.133. The van der Waals surface area contributed by atoms with Crippen molar-refractivity contribution in [1.29, 1.82) is 0 Å². The number of pyridine rings is 1. The summed E-state index contributed by atoms with van der Waals surface area (Å²) >= 11 is 0. The van der Waals surface area contributed by atoms with Crippen molar-refractivity contribution in [3.63, 3.8) is 0 Å². The van der Waals surface area contributed by atoms with E-state index in [0.717, 1.165) is 37.1 Å². The van der Waals surface area contributed by atoms with Gasteiger partial charge in [-0.3, -0.25) is 14.6 Å². The number of hydrogen-bond donors (Lipinski definition) is 1. The molecule has 2 amide bonds. The van der Waals surface area contributed by atoms with Crippen molar-refractivity contribution in [3.8, 4) is 0 Å². The second-order valence-corrected chi connectivity index (χ2v) is 7.77. The Balaban J connectivity index is 1.38. The molecule has 1 saturated heterocycles. The molecular formula is C23H27F2N3O2. The van der Waals surface area contributed by atoms with Gasteiger partial charge in [-0.25, -0.2) is 8.78 Å². The molecule has 160 valence electrons. The molecule has 1 N–H and O–H groups in total. The third-order valence-corrected chi connectivity index (χ3v) is 5.50. The van der Waals surface area contributed by atoms with E-state index < -0.39 is 11.6 Å². The number of nitrogens with zero attached hydrogens (tertiary/aromatic N) is 2. The molecule has 30 heavy (non-hydrogen) atoms. The smallest absolute Gasteiger partial charge is 0.222 e. The SMILES string of the molecule is O=C(CC[C@@H]1CCCN(C(=O)CCc2ccncc2)C1)NCc1ccc(F)c(F)c1. The van der Waals surface area contributed by atoms with Gasteiger partial charge in [-0.1, -0.05) is 6.07 Å². The molecular weight excluding hydrogens is 388 g/mol. The van der Waals surface area contributed by atoms with Crippen LogP contribution in [0.3, 0.4) is 0 Å². The number of carbonyl (C=O) groups is 2. The van der Waals surface area contributed by atoms with Gasteiger partial charge in [0, 0.05) is 44.9 Å². The first-order valence-electron chi connectivity index (χ1n) is 10.4. The van der Waals surface area contributed by atoms with E-state index in [1.54, 1.807) is 12.4 Å². The number of halogens is 2. The van der Waals surface area contributed by atoms with E-state index in [0.29, 0.717) is 43.7 Å². The Labute approximate surface area is 175 Å². The zero-order valence-corrected chi connectivity index (χ0v) is 16.9. The fourth-order valence-corrected chi connectivity index (χ4v) is 3.76. The van der Waals surface area contributed by atoms with Crippen LogP contribution in [0.15, 0.2) is 42.7 Å². The molecule has 5 nitrogen and oxygen atoms in total. The first-order valence-corrected chi connectivity index (χ1v) is 10.4. The Kier molecular flexibility index (Phi) is 7.88. The van der Waals surface area contributed by atoms with E-state index in [1.165, 1.54) is 6.07 Å². The van der Waals surface area contributed by atoms with Crippen molar-refractivity contribution in [1.82, 2.24) is 15.2 Å². The minimum absolute atomic E-state index is 0.124. The topological polar surface area (TPSA) is 62.3 Å². The molecule has 1 aliphatic rings. The molecule has 1 fully saturated rings. The van der Waals surface area contributed by atoms with Gasteiger partial charge in [0.05, 0.1) is 0 Å². The summed E-state index contributed by atoms with van der Waals surface area (Å²) in [5.74, 6) is -1.49. The summed E-state index contributed by atoms with van der Waals surface area (Å²) < 4.78 is 26.2. The molecule has 0 bridgehead atoms. The Morgan fingerprint density at radius 1 is 1.07 bits per heavy atom. The third-order valence-electron chi connectivity index (χ3n) is 5.50. The maximum atomic E-state index is 13.2. The van der Waals surface area contributed by atoms with Crippen LogP contribution in [0.4, 0.5) is 8.78 Å². The molecule has 2 heterocycles. The molecule has 1 aromatic carbocycles. The number of hydrogen-bond acceptors (Lipinski definition) is 3. The predicted octanol–water partition coefficient (Wildman–Crippen LogP) is 3.63. The van der Waals surface area contributed by atoms with E-state index in [1.807, 2.05) is 17.0 Å². The maximum Gasteiger partial charge on any atom is 0.222 e. The monoisotopic (exact) mass is 415 g/mol. The molecule has 3 rings (SSSR count). The summed E-state index contributed by atoms with van der Waals surface area (Å²) in [5.41, 5.74) is 1.62. The van der Waals surface area contributed by atoms with Gasteiger partial charge in [-0.2, -0.15) is 0 Å². The molecule has 0 saturated carbocycles. The molecule has 1 atom stereocenters. The molecule has 0 aliphatic carbocycles. The van der Waals surface area contributed by atoms with Gasteiger partial charge >= 0.3 is 0 Å². The quantitative estimate of drug-likeness (QED) is 0.716. The van der Waals surface area contributed by atoms with Crippen molar-refractivity contribution < 1.29 is 18.4 Å². The predicted molar refractivity (Wildman–Crippen MR) is 109 cm³/mol. The summed E-state index contributed by atoms with van der Waals surface area (Å²) in [7, 11) is 0. The highest BCUT2D eigenvalue weighted by atomic mass is 19.2. The van der Waals surface area contributed by atoms with Crippen LogP contribution >= 0.6 is 0 Å². The lowest BCUT2D eigenvalue weighted by atomic mass is 9.93. The van der Waals surface area contributed by atoms with Gasteiger partial charge in [0.2, 0.25) is 11.8 Å². The van der Waals surface area contributed by atoms with Crippen LogP contribution in [0.2, 0.25) is 0 Å². The van der Waals surface area contributed by atoms with Crippen LogP contribution in [-0.2, 0) is 22.6 Å². The van der Waals surface area contributed by atoms with Crippen LogP contribution in [0.5, 0.6) is 0 Å². The first-order chi connectivity index (χ1) is 14.5. The van der Waals surface area contributed by atoms with Crippen LogP contribution in [0, 0.1) is 17.6 Å². The number of carbonyl (C=O) groups excluding carboxylic acids is 2. The van der Waals surface area contributed by atoms with Gasteiger partial charge in [0.1, 0.15) is 0 Å². The van der Waals surface area contributed by atoms with Gasteiger partial charge in [-0.15, -0.1) is 0 Å². The Hall–Kier alpha value is -2.83. The minimum atomic E-state index is -0.919. The van der Waals surface area contributed by atoms with Crippen molar-refractivity contribution in [2.24, 2.45) is 5.92 Å². The van der Waals surface area contributed by atoms with Gasteiger partial charge in [0.25, 0.3) is 0 Å². The number of nitrogens with one attached hydrogen (secondary N) is 1. The summed E-state index contributed by atoms with van der Waals surface area (Å²) in [6.07, 6.45) is 7.65. The standard InChI is InChI=1S/C23H27F2N3O2/c24-20-6-3-19(14-21(20)25)15-27-22(29)7-4-18-2-1-13-28(16-18)23(30)8-5-17-9-11-26-12-10-17/h3,6,9-12,14,18H,1-2,4-5,7-8,13,15-16H2,(H,27,29)/t18-/m0/s1. The molecule has 0 radical (unpaired) electrons. The average Bonchev–Trinajstić information content (AvgIpc) is 2.77. The van der Waals surface area contributed by atoms with E-state index in [4.69, 9.17) is 0 Å². The average molecular weight is 415 g/mol. The number of benzene rings is 1. The largest absolute Gasteiger partial charge is 0.352 e. The number of aryl methyl sites for hydroxylation is 1. The Morgan fingerprint density at radius 3 is 2.63 bits per heavy atom. The normalized spacial score (nSPS) is 16.3. The molecule has 2 aromatic rings. The molecule has 7 heteroatoms. The van der Waals surface area contributed by atoms with Crippen LogP contribution in [0.25, 0.3) is 0 Å². The third kappa shape index (κ3) is 6.61. The van der Waals surface area contributed by atoms with Crippen molar-refractivity contribution in [3.05, 3.63) is 65.5 Å². The number of piperidine rings is 1. The minimum Gasteiger partial charge on any atom is -0.352 e. The van der Waals surface area contributed by atoms with E-state index >= 15 is 0 Å². The zero-order valence-electron chi connectivity index (χ0n) is 16.9. The summed E-state index contributed by atoms with van der Waals surface area (Å²) in [4.78, 5) is 30.6. The maximum absolute atomic E-state index is 13.2. The second-order valence-electron chi connectivity index (χ2n) is 7.77. The van der Waals surface area contributed by atoms with E-state index in [-0.39, 0.29) is 18.4 Å². The second kappa shape index (κ2) is 10.8. The Morgan fingerprint density at radius 2 is 1.87 bits per heavy atom. The lowest BCUT2D eigenvalue weighted by Crippen LogP contribution is -2.40. The van der Waals surface area contributed by atoms with Gasteiger partial charge < -0.3 is 10.2 Å². The van der Waals surface area contributed by atoms with Crippen LogP contribution in [-0.4, -0.2) is 34.8 Å². The lowest BCUT2D eigenvalue weighted by Gasteiger charge is -2.33. The Bertz CT molecular complexity index is 861. The molecule has 1 aliphatic heterocycles. The van der Waals surface area contributed by atoms with Crippen LogP contribution < -0.4 is 5.32 Å². The number of rotatable bonds is 8. The van der Waals surface area contributed by atoms with Gasteiger partial charge in [-0.05, 0) is 67.0 Å². The molecule has 0 unspecified atom stereocenters. The fourth-order valence-electron chi connectivity index (χ4n) is 3.76. The highest BCUT2D eigenvalue weighted by Crippen LogP contribution is 2.22. The highest BCUT2D eigenvalue weighted by molar-refractivity contribution is 5.77. The number of amides is 2. The van der Waals surface area contributed by atoms with Crippen molar-refractivity contribution in [2.45, 2.75) is 45.1 Å². The van der Waals surface area contributed by atoms with Crippen molar-refractivity contribution >= 4 is 11.8 Å². The highest BCUT2D eigenvalue weighted by Gasteiger charge is 2.23. The zero-order chi connectivity index (χ0) is 21.3. The first kappa shape index (κ1) is 21.9. The summed E-state index contributed by atoms with van der Waals surface area (Å²) in [6, 6.07) is 7.44. The van der Waals surface area contributed by atoms with E-state index in [2.05, 4.69) is 10.3 Å². The summed E-state index contributed by atoms with van der Waals surface area (Å²) in [6.45, 7) is 1.62. The van der Waals surface area contributed by atoms with Crippen LogP contribution in [0.1, 0.15) is 43.2 Å². The van der Waals surface area contributed by atoms with Gasteiger partial charge in [0.15, 0.2) is 11.6 Å². The van der Waals surface area contributed by atoms with E-state index in [9.17, 15) is 18.4 Å². The number of aromatic nitrogens is 1. The number of likely N-dealkylation sites (tertiary alicyclic amines) is 1. The molecule has 1 aromatic heterocycles.